The van der Waals surface area contributed by atoms with Crippen LogP contribution in [0.3, 0.4) is 0 Å². The summed E-state index contributed by atoms with van der Waals surface area (Å²) in [6.07, 6.45) is 1.70. The Balaban J connectivity index is 1.86. The SMILES string of the molecule is Cc1ccc(NC(=O)c2cc3cc(Cl)ccc3oc2=Nc2ccc(C)cc2C)nc1. The Bertz CT molecular complexity index is 1320. The van der Waals surface area contributed by atoms with Crippen molar-refractivity contribution in [1.29, 1.82) is 0 Å². The highest BCUT2D eigenvalue weighted by molar-refractivity contribution is 6.31. The molecule has 0 fully saturated rings. The molecular weight excluding hydrogens is 398 g/mol. The molecule has 0 radical (unpaired) electrons. The number of hydrogen-bond donors (Lipinski definition) is 1. The van der Waals surface area contributed by atoms with Gasteiger partial charge in [0.15, 0.2) is 0 Å². The van der Waals surface area contributed by atoms with E-state index in [4.69, 9.17) is 16.0 Å². The molecule has 0 bridgehead atoms. The summed E-state index contributed by atoms with van der Waals surface area (Å²) >= 11 is 6.12. The van der Waals surface area contributed by atoms with Crippen molar-refractivity contribution in [2.75, 3.05) is 5.32 Å². The molecule has 2 heterocycles. The van der Waals surface area contributed by atoms with Gasteiger partial charge in [0.25, 0.3) is 5.91 Å². The maximum absolute atomic E-state index is 13.1. The zero-order valence-electron chi connectivity index (χ0n) is 16.9. The second-order valence-electron chi connectivity index (χ2n) is 7.22. The summed E-state index contributed by atoms with van der Waals surface area (Å²) in [4.78, 5) is 22.0. The maximum atomic E-state index is 13.1. The van der Waals surface area contributed by atoms with E-state index in [1.807, 2.05) is 45.0 Å². The molecular formula is C24H20ClN3O2. The molecule has 150 valence electrons. The molecule has 1 amide bonds. The molecule has 0 aliphatic carbocycles. The van der Waals surface area contributed by atoms with E-state index in [2.05, 4.69) is 15.3 Å². The van der Waals surface area contributed by atoms with Gasteiger partial charge < -0.3 is 9.73 Å². The Labute approximate surface area is 179 Å². The van der Waals surface area contributed by atoms with Gasteiger partial charge in [-0.2, -0.15) is 0 Å². The second kappa shape index (κ2) is 8.13. The average molecular weight is 418 g/mol. The molecule has 0 aliphatic rings. The first-order valence-electron chi connectivity index (χ1n) is 9.48. The molecule has 1 N–H and O–H groups in total. The number of rotatable bonds is 3. The van der Waals surface area contributed by atoms with Crippen molar-refractivity contribution in [2.45, 2.75) is 20.8 Å². The van der Waals surface area contributed by atoms with Gasteiger partial charge in [-0.15, -0.1) is 0 Å². The lowest BCUT2D eigenvalue weighted by Gasteiger charge is -2.08. The number of fused-ring (bicyclic) bond motifs is 1. The van der Waals surface area contributed by atoms with E-state index in [1.54, 1.807) is 36.5 Å². The number of nitrogens with zero attached hydrogens (tertiary/aromatic N) is 2. The summed E-state index contributed by atoms with van der Waals surface area (Å²) in [7, 11) is 0. The van der Waals surface area contributed by atoms with Crippen LogP contribution in [-0.2, 0) is 0 Å². The summed E-state index contributed by atoms with van der Waals surface area (Å²) in [6.45, 7) is 5.93. The van der Waals surface area contributed by atoms with Crippen LogP contribution in [-0.4, -0.2) is 10.9 Å². The van der Waals surface area contributed by atoms with E-state index in [0.29, 0.717) is 27.4 Å². The number of hydrogen-bond acceptors (Lipinski definition) is 4. The minimum Gasteiger partial charge on any atom is -0.438 e. The second-order valence-corrected chi connectivity index (χ2v) is 7.66. The zero-order valence-corrected chi connectivity index (χ0v) is 17.6. The van der Waals surface area contributed by atoms with Crippen LogP contribution in [0.25, 0.3) is 11.0 Å². The van der Waals surface area contributed by atoms with Crippen molar-refractivity contribution in [3.05, 3.63) is 93.6 Å². The predicted molar refractivity (Wildman–Crippen MR) is 119 cm³/mol. The van der Waals surface area contributed by atoms with E-state index in [-0.39, 0.29) is 11.5 Å². The largest absolute Gasteiger partial charge is 0.438 e. The lowest BCUT2D eigenvalue weighted by Crippen LogP contribution is -2.22. The number of carbonyl (C=O) groups is 1. The Morgan fingerprint density at radius 2 is 1.80 bits per heavy atom. The van der Waals surface area contributed by atoms with Crippen LogP contribution in [0.1, 0.15) is 27.0 Å². The fourth-order valence-electron chi connectivity index (χ4n) is 3.11. The predicted octanol–water partition coefficient (Wildman–Crippen LogP) is 5.89. The monoisotopic (exact) mass is 417 g/mol. The molecule has 0 unspecified atom stereocenters. The molecule has 2 aromatic carbocycles. The van der Waals surface area contributed by atoms with Crippen LogP contribution < -0.4 is 10.9 Å². The van der Waals surface area contributed by atoms with Gasteiger partial charge in [0.2, 0.25) is 5.55 Å². The summed E-state index contributed by atoms with van der Waals surface area (Å²) in [5, 5.41) is 4.08. The van der Waals surface area contributed by atoms with Gasteiger partial charge in [0.05, 0.1) is 5.69 Å². The fourth-order valence-corrected chi connectivity index (χ4v) is 3.29. The van der Waals surface area contributed by atoms with Gasteiger partial charge in [-0.05, 0) is 68.3 Å². The van der Waals surface area contributed by atoms with Crippen LogP contribution in [0, 0.1) is 20.8 Å². The molecule has 6 heteroatoms. The van der Waals surface area contributed by atoms with Crippen molar-refractivity contribution in [2.24, 2.45) is 4.99 Å². The standard InChI is InChI=1S/C24H20ClN3O2/c1-14-4-7-20(16(3)10-14)27-24-19(12-17-11-18(25)6-8-21(17)30-24)23(29)28-22-9-5-15(2)13-26-22/h4-13H,1-3H3,(H,26,28,29). The van der Waals surface area contributed by atoms with Crippen molar-refractivity contribution < 1.29 is 9.21 Å². The molecule has 2 aromatic heterocycles. The van der Waals surface area contributed by atoms with E-state index in [1.165, 1.54) is 0 Å². The minimum absolute atomic E-state index is 0.224. The summed E-state index contributed by atoms with van der Waals surface area (Å²) < 4.78 is 6.01. The van der Waals surface area contributed by atoms with Gasteiger partial charge in [-0.25, -0.2) is 9.98 Å². The molecule has 30 heavy (non-hydrogen) atoms. The third-order valence-corrected chi connectivity index (χ3v) is 4.92. The Kier molecular flexibility index (Phi) is 5.38. The van der Waals surface area contributed by atoms with Crippen LogP contribution >= 0.6 is 11.6 Å². The Hall–Kier alpha value is -3.44. The van der Waals surface area contributed by atoms with E-state index < -0.39 is 0 Å². The number of carbonyl (C=O) groups excluding carboxylic acids is 1. The van der Waals surface area contributed by atoms with Crippen LogP contribution in [0.4, 0.5) is 11.5 Å². The molecule has 4 aromatic rings. The first-order valence-corrected chi connectivity index (χ1v) is 9.86. The van der Waals surface area contributed by atoms with Crippen molar-refractivity contribution in [1.82, 2.24) is 4.98 Å². The fraction of sp³-hybridized carbons (Fsp3) is 0.125. The number of halogens is 1. The molecule has 4 rings (SSSR count). The quantitative estimate of drug-likeness (QED) is 0.451. The van der Waals surface area contributed by atoms with Gasteiger partial charge in [0, 0.05) is 16.6 Å². The molecule has 5 nitrogen and oxygen atoms in total. The van der Waals surface area contributed by atoms with Gasteiger partial charge in [0.1, 0.15) is 17.0 Å². The Morgan fingerprint density at radius 1 is 1.00 bits per heavy atom. The number of amides is 1. The van der Waals surface area contributed by atoms with Gasteiger partial charge >= 0.3 is 0 Å². The van der Waals surface area contributed by atoms with E-state index >= 15 is 0 Å². The number of pyridine rings is 1. The average Bonchev–Trinajstić information content (AvgIpc) is 2.71. The minimum atomic E-state index is -0.361. The maximum Gasteiger partial charge on any atom is 0.262 e. The van der Waals surface area contributed by atoms with E-state index in [9.17, 15) is 4.79 Å². The highest BCUT2D eigenvalue weighted by Crippen LogP contribution is 2.22. The number of benzene rings is 2. The lowest BCUT2D eigenvalue weighted by atomic mass is 10.1. The number of nitrogens with one attached hydrogen (secondary N) is 1. The lowest BCUT2D eigenvalue weighted by molar-refractivity contribution is 0.102. The number of anilines is 1. The van der Waals surface area contributed by atoms with Crippen molar-refractivity contribution in [3.8, 4) is 0 Å². The highest BCUT2D eigenvalue weighted by atomic mass is 35.5. The smallest absolute Gasteiger partial charge is 0.262 e. The van der Waals surface area contributed by atoms with Crippen LogP contribution in [0.2, 0.25) is 5.02 Å². The van der Waals surface area contributed by atoms with Crippen molar-refractivity contribution >= 4 is 40.0 Å². The van der Waals surface area contributed by atoms with Gasteiger partial charge in [-0.3, -0.25) is 4.79 Å². The normalized spacial score (nSPS) is 11.7. The van der Waals surface area contributed by atoms with Crippen LogP contribution in [0.15, 0.2) is 70.2 Å². The first-order chi connectivity index (χ1) is 14.4. The number of aryl methyl sites for hydroxylation is 3. The van der Waals surface area contributed by atoms with Gasteiger partial charge in [-0.1, -0.05) is 35.4 Å². The molecule has 0 aliphatic heterocycles. The summed E-state index contributed by atoms with van der Waals surface area (Å²) in [5.41, 5.74) is 4.99. The van der Waals surface area contributed by atoms with Crippen molar-refractivity contribution in [3.63, 3.8) is 0 Å². The third kappa shape index (κ3) is 4.26. The zero-order chi connectivity index (χ0) is 21.3. The summed E-state index contributed by atoms with van der Waals surface area (Å²) in [6, 6.07) is 16.6. The highest BCUT2D eigenvalue weighted by Gasteiger charge is 2.14. The Morgan fingerprint density at radius 3 is 2.53 bits per heavy atom. The third-order valence-electron chi connectivity index (χ3n) is 4.68. The molecule has 0 spiro atoms. The number of aromatic nitrogens is 1. The van der Waals surface area contributed by atoms with E-state index in [0.717, 1.165) is 22.4 Å². The topological polar surface area (TPSA) is 67.5 Å². The molecule has 0 atom stereocenters. The molecule has 0 saturated carbocycles. The summed E-state index contributed by atoms with van der Waals surface area (Å²) in [5.74, 6) is 0.0924. The van der Waals surface area contributed by atoms with Crippen LogP contribution in [0.5, 0.6) is 0 Å². The molecule has 0 saturated heterocycles. The first kappa shape index (κ1) is 19.9.